The van der Waals surface area contributed by atoms with E-state index in [-0.39, 0.29) is 23.0 Å². The van der Waals surface area contributed by atoms with Gasteiger partial charge in [0.2, 0.25) is 5.91 Å². The molecule has 134 valence electrons. The summed E-state index contributed by atoms with van der Waals surface area (Å²) in [7, 11) is 1.65. The molecular formula is C18H16Cl2N4O2. The van der Waals surface area contributed by atoms with E-state index in [2.05, 4.69) is 15.3 Å². The predicted octanol–water partition coefficient (Wildman–Crippen LogP) is 3.26. The van der Waals surface area contributed by atoms with Gasteiger partial charge in [-0.2, -0.15) is 0 Å². The first-order valence-electron chi connectivity index (χ1n) is 7.85. The number of hydrogen-bond acceptors (Lipinski definition) is 3. The third kappa shape index (κ3) is 4.15. The van der Waals surface area contributed by atoms with Gasteiger partial charge in [0, 0.05) is 12.1 Å². The zero-order valence-electron chi connectivity index (χ0n) is 13.9. The summed E-state index contributed by atoms with van der Waals surface area (Å²) in [5.41, 5.74) is 2.02. The average molecular weight is 391 g/mol. The molecule has 2 aromatic carbocycles. The van der Waals surface area contributed by atoms with E-state index in [9.17, 15) is 9.59 Å². The maximum atomic E-state index is 12.3. The zero-order chi connectivity index (χ0) is 18.7. The van der Waals surface area contributed by atoms with Crippen molar-refractivity contribution in [1.29, 1.82) is 0 Å². The number of H-pyrrole nitrogens is 1. The summed E-state index contributed by atoms with van der Waals surface area (Å²) in [6.45, 7) is 0.166. The molecule has 0 radical (unpaired) electrons. The van der Waals surface area contributed by atoms with Gasteiger partial charge in [0.15, 0.2) is 0 Å². The summed E-state index contributed by atoms with van der Waals surface area (Å²) in [4.78, 5) is 33.5. The molecule has 0 bridgehead atoms. The number of likely N-dealkylation sites (N-methyl/N-ethyl adjacent to an activating group) is 1. The van der Waals surface area contributed by atoms with Gasteiger partial charge in [-0.3, -0.25) is 9.59 Å². The molecule has 0 atom stereocenters. The number of aromatic amines is 1. The van der Waals surface area contributed by atoms with Crippen LogP contribution in [0.25, 0.3) is 11.0 Å². The molecule has 0 aliphatic heterocycles. The number of rotatable bonds is 5. The second-order valence-electron chi connectivity index (χ2n) is 5.76. The first kappa shape index (κ1) is 18.2. The van der Waals surface area contributed by atoms with Crippen molar-refractivity contribution in [2.24, 2.45) is 0 Å². The van der Waals surface area contributed by atoms with Gasteiger partial charge in [-0.05, 0) is 30.3 Å². The smallest absolute Gasteiger partial charge is 0.253 e. The fourth-order valence-corrected chi connectivity index (χ4v) is 2.95. The zero-order valence-corrected chi connectivity index (χ0v) is 15.4. The molecule has 0 saturated carbocycles. The lowest BCUT2D eigenvalue weighted by Crippen LogP contribution is -2.38. The van der Waals surface area contributed by atoms with E-state index < -0.39 is 5.91 Å². The molecule has 0 unspecified atom stereocenters. The summed E-state index contributed by atoms with van der Waals surface area (Å²) in [5, 5.41) is 3.24. The SMILES string of the molecule is CN(Cc1nc2ccccc2[nH]1)C(=O)CNC(=O)c1ccc(Cl)cc1Cl. The summed E-state index contributed by atoms with van der Waals surface area (Å²) in [6, 6.07) is 12.2. The highest BCUT2D eigenvalue weighted by Gasteiger charge is 2.15. The number of para-hydroxylation sites is 2. The Hall–Kier alpha value is -2.57. The van der Waals surface area contributed by atoms with Crippen LogP contribution in [0.1, 0.15) is 16.2 Å². The van der Waals surface area contributed by atoms with Crippen molar-refractivity contribution in [3.8, 4) is 0 Å². The Morgan fingerprint density at radius 2 is 1.96 bits per heavy atom. The van der Waals surface area contributed by atoms with Crippen molar-refractivity contribution in [3.63, 3.8) is 0 Å². The predicted molar refractivity (Wildman–Crippen MR) is 101 cm³/mol. The minimum Gasteiger partial charge on any atom is -0.343 e. The second-order valence-corrected chi connectivity index (χ2v) is 6.60. The van der Waals surface area contributed by atoms with Crippen LogP contribution < -0.4 is 5.32 Å². The Balaban J connectivity index is 1.57. The van der Waals surface area contributed by atoms with Crippen LogP contribution in [-0.4, -0.2) is 40.3 Å². The van der Waals surface area contributed by atoms with Crippen LogP contribution in [0.2, 0.25) is 10.0 Å². The van der Waals surface area contributed by atoms with Gasteiger partial charge in [-0.25, -0.2) is 4.98 Å². The number of halogens is 2. The summed E-state index contributed by atoms with van der Waals surface area (Å²) in [6.07, 6.45) is 0. The van der Waals surface area contributed by atoms with Crippen LogP contribution in [0, 0.1) is 0 Å². The highest BCUT2D eigenvalue weighted by atomic mass is 35.5. The molecule has 0 aliphatic carbocycles. The number of benzene rings is 2. The quantitative estimate of drug-likeness (QED) is 0.701. The van der Waals surface area contributed by atoms with E-state index in [4.69, 9.17) is 23.2 Å². The fraction of sp³-hybridized carbons (Fsp3) is 0.167. The van der Waals surface area contributed by atoms with Crippen LogP contribution in [0.15, 0.2) is 42.5 Å². The van der Waals surface area contributed by atoms with Gasteiger partial charge in [0.25, 0.3) is 5.91 Å². The highest BCUT2D eigenvalue weighted by Crippen LogP contribution is 2.20. The molecule has 0 spiro atoms. The van der Waals surface area contributed by atoms with Crippen molar-refractivity contribution >= 4 is 46.0 Å². The lowest BCUT2D eigenvalue weighted by atomic mass is 10.2. The van der Waals surface area contributed by atoms with Crippen LogP contribution in [-0.2, 0) is 11.3 Å². The summed E-state index contributed by atoms with van der Waals surface area (Å²) >= 11 is 11.8. The molecule has 2 N–H and O–H groups in total. The van der Waals surface area contributed by atoms with Crippen LogP contribution in [0.5, 0.6) is 0 Å². The number of aromatic nitrogens is 2. The van der Waals surface area contributed by atoms with Crippen molar-refractivity contribution in [2.45, 2.75) is 6.54 Å². The molecule has 1 heterocycles. The maximum absolute atomic E-state index is 12.3. The normalized spacial score (nSPS) is 10.7. The summed E-state index contributed by atoms with van der Waals surface area (Å²) < 4.78 is 0. The van der Waals surface area contributed by atoms with E-state index >= 15 is 0 Å². The third-order valence-electron chi connectivity index (χ3n) is 3.83. The third-order valence-corrected chi connectivity index (χ3v) is 4.37. The molecule has 6 nitrogen and oxygen atoms in total. The molecule has 1 aromatic heterocycles. The first-order valence-corrected chi connectivity index (χ1v) is 8.60. The molecule has 3 rings (SSSR count). The van der Waals surface area contributed by atoms with Crippen LogP contribution >= 0.6 is 23.2 Å². The van der Waals surface area contributed by atoms with Crippen molar-refractivity contribution in [2.75, 3.05) is 13.6 Å². The van der Waals surface area contributed by atoms with Crippen LogP contribution in [0.3, 0.4) is 0 Å². The van der Waals surface area contributed by atoms with Gasteiger partial charge < -0.3 is 15.2 Å². The second kappa shape index (κ2) is 7.76. The average Bonchev–Trinajstić information content (AvgIpc) is 3.01. The molecule has 0 fully saturated rings. The molecule has 0 aliphatic rings. The van der Waals surface area contributed by atoms with Crippen LogP contribution in [0.4, 0.5) is 0 Å². The number of hydrogen-bond donors (Lipinski definition) is 2. The number of fused-ring (bicyclic) bond motifs is 1. The molecular weight excluding hydrogens is 375 g/mol. The van der Waals surface area contributed by atoms with Gasteiger partial charge in [0.1, 0.15) is 5.82 Å². The number of carbonyl (C=O) groups is 2. The minimum absolute atomic E-state index is 0.144. The van der Waals surface area contributed by atoms with Gasteiger partial charge in [0.05, 0.1) is 34.7 Å². The van der Waals surface area contributed by atoms with E-state index in [1.807, 2.05) is 24.3 Å². The fourth-order valence-electron chi connectivity index (χ4n) is 2.45. The molecule has 2 amide bonds. The van der Waals surface area contributed by atoms with E-state index in [1.54, 1.807) is 13.1 Å². The van der Waals surface area contributed by atoms with Crippen molar-refractivity contribution < 1.29 is 9.59 Å². The molecule has 0 saturated heterocycles. The Kier molecular flexibility index (Phi) is 5.44. The lowest BCUT2D eigenvalue weighted by molar-refractivity contribution is -0.129. The minimum atomic E-state index is -0.433. The summed E-state index contributed by atoms with van der Waals surface area (Å²) in [5.74, 6) is -0.00447. The maximum Gasteiger partial charge on any atom is 0.253 e. The molecule has 8 heteroatoms. The largest absolute Gasteiger partial charge is 0.343 e. The topological polar surface area (TPSA) is 78.1 Å². The highest BCUT2D eigenvalue weighted by molar-refractivity contribution is 6.36. The number of carbonyl (C=O) groups excluding carboxylic acids is 2. The number of nitrogens with zero attached hydrogens (tertiary/aromatic N) is 2. The number of amides is 2. The number of imidazole rings is 1. The Labute approximate surface area is 160 Å². The van der Waals surface area contributed by atoms with E-state index in [0.29, 0.717) is 17.4 Å². The monoisotopic (exact) mass is 390 g/mol. The van der Waals surface area contributed by atoms with Gasteiger partial charge in [-0.1, -0.05) is 35.3 Å². The van der Waals surface area contributed by atoms with Crippen molar-refractivity contribution in [3.05, 3.63) is 63.9 Å². The number of nitrogens with one attached hydrogen (secondary N) is 2. The molecule has 3 aromatic rings. The Bertz CT molecular complexity index is 938. The van der Waals surface area contributed by atoms with Gasteiger partial charge >= 0.3 is 0 Å². The Morgan fingerprint density at radius 1 is 1.19 bits per heavy atom. The van der Waals surface area contributed by atoms with Gasteiger partial charge in [-0.15, -0.1) is 0 Å². The lowest BCUT2D eigenvalue weighted by Gasteiger charge is -2.16. The van der Waals surface area contributed by atoms with E-state index in [0.717, 1.165) is 11.0 Å². The Morgan fingerprint density at radius 3 is 2.69 bits per heavy atom. The van der Waals surface area contributed by atoms with Crippen molar-refractivity contribution in [1.82, 2.24) is 20.2 Å². The first-order chi connectivity index (χ1) is 12.4. The molecule has 26 heavy (non-hydrogen) atoms. The van der Waals surface area contributed by atoms with E-state index in [1.165, 1.54) is 17.0 Å². The standard InChI is InChI=1S/C18H16Cl2N4O2/c1-24(10-16-22-14-4-2-3-5-15(14)23-16)17(25)9-21-18(26)12-7-6-11(19)8-13(12)20/h2-8H,9-10H2,1H3,(H,21,26)(H,22,23).